The van der Waals surface area contributed by atoms with Gasteiger partial charge in [-0.1, -0.05) is 12.1 Å². The number of nitrogens with one attached hydrogen (secondary N) is 3. The summed E-state index contributed by atoms with van der Waals surface area (Å²) in [6, 6.07) is 6.25. The van der Waals surface area contributed by atoms with Crippen LogP contribution in [0.3, 0.4) is 0 Å². The van der Waals surface area contributed by atoms with Crippen LogP contribution in [0.4, 0.5) is 22.0 Å². The summed E-state index contributed by atoms with van der Waals surface area (Å²) in [6.07, 6.45) is -2.31. The Labute approximate surface area is 184 Å². The summed E-state index contributed by atoms with van der Waals surface area (Å²) in [7, 11) is 0. The fourth-order valence-corrected chi connectivity index (χ4v) is 3.83. The molecule has 3 aromatic heterocycles. The predicted octanol–water partition coefficient (Wildman–Crippen LogP) is 2.47. The Balaban J connectivity index is 1.68. The van der Waals surface area contributed by atoms with Gasteiger partial charge in [-0.2, -0.15) is 17.6 Å². The maximum Gasteiger partial charge on any atom is 0.418 e. The molecule has 0 saturated carbocycles. The first-order chi connectivity index (χ1) is 15.6. The summed E-state index contributed by atoms with van der Waals surface area (Å²) in [5.41, 5.74) is -0.457. The average molecular weight is 469 g/mol. The van der Waals surface area contributed by atoms with Crippen molar-refractivity contribution in [2.24, 2.45) is 0 Å². The van der Waals surface area contributed by atoms with Crippen molar-refractivity contribution in [3.05, 3.63) is 66.0 Å². The number of likely N-dealkylation sites (tertiary alicyclic amines) is 1. The second kappa shape index (κ2) is 8.41. The van der Waals surface area contributed by atoms with E-state index in [1.807, 2.05) is 5.32 Å². The number of fused-ring (bicyclic) bond motifs is 1. The minimum Gasteiger partial charge on any atom is -0.328 e. The van der Waals surface area contributed by atoms with Gasteiger partial charge >= 0.3 is 17.9 Å². The van der Waals surface area contributed by atoms with Crippen molar-refractivity contribution in [2.75, 3.05) is 13.1 Å². The second-order valence-corrected chi connectivity index (χ2v) is 7.76. The molecule has 7 nitrogen and oxygen atoms in total. The maximum absolute atomic E-state index is 13.8. The first-order valence-corrected chi connectivity index (χ1v) is 10.1. The van der Waals surface area contributed by atoms with E-state index in [-0.39, 0.29) is 42.1 Å². The molecule has 1 saturated heterocycles. The van der Waals surface area contributed by atoms with E-state index in [2.05, 4.69) is 9.97 Å². The van der Waals surface area contributed by atoms with Gasteiger partial charge in [0.05, 0.1) is 12.7 Å². The van der Waals surface area contributed by atoms with E-state index in [9.17, 15) is 31.5 Å². The number of pyridine rings is 2. The summed E-state index contributed by atoms with van der Waals surface area (Å²) in [5, 5.41) is 1.94. The van der Waals surface area contributed by atoms with Crippen LogP contribution in [-0.2, 0) is 0 Å². The number of nitrogens with zero attached hydrogens (tertiary/aromatic N) is 2. The van der Waals surface area contributed by atoms with Crippen LogP contribution in [-0.4, -0.2) is 46.9 Å². The summed E-state index contributed by atoms with van der Waals surface area (Å²) >= 11 is 0. The van der Waals surface area contributed by atoms with E-state index in [0.717, 1.165) is 4.90 Å². The van der Waals surface area contributed by atoms with Crippen molar-refractivity contribution in [3.63, 3.8) is 0 Å². The van der Waals surface area contributed by atoms with E-state index < -0.39 is 36.5 Å². The van der Waals surface area contributed by atoms with Gasteiger partial charge in [-0.25, -0.2) is 18.7 Å². The van der Waals surface area contributed by atoms with Crippen molar-refractivity contribution in [2.45, 2.75) is 31.0 Å². The summed E-state index contributed by atoms with van der Waals surface area (Å²) in [5.74, 6) is -5.13. The molecular weight excluding hydrogens is 449 g/mol. The molecule has 0 aromatic carbocycles. The van der Waals surface area contributed by atoms with Crippen molar-refractivity contribution >= 4 is 17.3 Å². The number of piperidine rings is 1. The zero-order valence-corrected chi connectivity index (χ0v) is 17.1. The van der Waals surface area contributed by atoms with Crippen molar-refractivity contribution < 1.29 is 40.9 Å². The number of carbonyl (C=O) groups excluding carboxylic acids is 2. The zero-order chi connectivity index (χ0) is 23.8. The third-order valence-electron chi connectivity index (χ3n) is 5.36. The van der Waals surface area contributed by atoms with Gasteiger partial charge in [-0.15, -0.1) is 0 Å². The molecule has 33 heavy (non-hydrogen) atoms. The van der Waals surface area contributed by atoms with E-state index in [0.29, 0.717) is 0 Å². The minimum atomic E-state index is -4.80. The Hall–Kier alpha value is -3.57. The topological polar surface area (TPSA) is 83.4 Å². The molecule has 4 heterocycles. The highest BCUT2D eigenvalue weighted by Crippen LogP contribution is 2.31. The van der Waals surface area contributed by atoms with Gasteiger partial charge in [0, 0.05) is 25.1 Å². The van der Waals surface area contributed by atoms with Gasteiger partial charge in [-0.3, -0.25) is 9.59 Å². The predicted molar refractivity (Wildman–Crippen MR) is 103 cm³/mol. The van der Waals surface area contributed by atoms with Crippen molar-refractivity contribution in [3.8, 4) is 0 Å². The van der Waals surface area contributed by atoms with Crippen LogP contribution in [0, 0.1) is 0 Å². The zero-order valence-electron chi connectivity index (χ0n) is 17.1. The van der Waals surface area contributed by atoms with Crippen LogP contribution >= 0.6 is 0 Å². The number of hydrogen-bond donors (Lipinski definition) is 2. The molecule has 1 atom stereocenters. The number of imidazole rings is 1. The third kappa shape index (κ3) is 4.64. The lowest BCUT2D eigenvalue weighted by atomic mass is 10.1. The van der Waals surface area contributed by atoms with Crippen molar-refractivity contribution in [1.82, 2.24) is 15.2 Å². The van der Waals surface area contributed by atoms with Crippen LogP contribution in [0.25, 0.3) is 5.52 Å². The number of carbonyl (C=O) groups is 2. The molecule has 0 spiro atoms. The molecule has 0 bridgehead atoms. The average Bonchev–Trinajstić information content (AvgIpc) is 3.16. The Morgan fingerprint density at radius 3 is 2.61 bits per heavy atom. The lowest BCUT2D eigenvalue weighted by molar-refractivity contribution is -0.514. The van der Waals surface area contributed by atoms with Gasteiger partial charge in [0.15, 0.2) is 11.7 Å². The highest BCUT2D eigenvalue weighted by atomic mass is 19.4. The molecular formula is C21H20F5N5O2+2. The molecule has 0 aliphatic carbocycles. The van der Waals surface area contributed by atoms with E-state index >= 15 is 0 Å². The van der Waals surface area contributed by atoms with Gasteiger partial charge < -0.3 is 10.2 Å². The highest BCUT2D eigenvalue weighted by Gasteiger charge is 2.47. The number of alkyl halides is 5. The monoisotopic (exact) mass is 469 g/mol. The number of amides is 2. The first kappa shape index (κ1) is 22.6. The molecule has 1 aliphatic rings. The number of aromatic nitrogens is 3. The minimum absolute atomic E-state index is 0.101. The number of aromatic amines is 2. The van der Waals surface area contributed by atoms with E-state index in [1.165, 1.54) is 47.1 Å². The quantitative estimate of drug-likeness (QED) is 0.455. The van der Waals surface area contributed by atoms with Crippen LogP contribution in [0.15, 0.2) is 48.8 Å². The number of H-pyrrole nitrogens is 2. The number of halogens is 5. The van der Waals surface area contributed by atoms with Gasteiger partial charge in [-0.05, 0) is 18.6 Å². The molecule has 1 fully saturated rings. The van der Waals surface area contributed by atoms with Gasteiger partial charge in [0.2, 0.25) is 17.4 Å². The molecule has 2 amide bonds. The lowest BCUT2D eigenvalue weighted by Gasteiger charge is -2.31. The second-order valence-electron chi connectivity index (χ2n) is 7.76. The normalized spacial score (nSPS) is 17.1. The molecule has 4 rings (SSSR count). The molecule has 1 unspecified atom stereocenters. The lowest BCUT2D eigenvalue weighted by Crippen LogP contribution is -2.48. The molecule has 174 valence electrons. The van der Waals surface area contributed by atoms with Crippen LogP contribution < -0.4 is 14.7 Å². The van der Waals surface area contributed by atoms with Crippen LogP contribution in [0.1, 0.15) is 45.7 Å². The molecule has 1 aliphatic heterocycles. The Kier molecular flexibility index (Phi) is 5.76. The van der Waals surface area contributed by atoms with Crippen LogP contribution in [0.2, 0.25) is 0 Å². The summed E-state index contributed by atoms with van der Waals surface area (Å²) in [4.78, 5) is 31.8. The maximum atomic E-state index is 13.8. The highest BCUT2D eigenvalue weighted by molar-refractivity contribution is 6.00. The van der Waals surface area contributed by atoms with Crippen molar-refractivity contribution in [1.29, 1.82) is 0 Å². The SMILES string of the molecule is O=C(NC(c1cccc[nH+]1)C(F)(F)F)c1[nH]c(C(=O)N2CCCC(F)(F)C2)[n+]2ccccc12. The Morgan fingerprint density at radius 1 is 1.18 bits per heavy atom. The fraction of sp³-hybridized carbons (Fsp3) is 0.333. The van der Waals surface area contributed by atoms with Gasteiger partial charge in [0.1, 0.15) is 0 Å². The summed E-state index contributed by atoms with van der Waals surface area (Å²) in [6.45, 7) is -0.675. The fourth-order valence-electron chi connectivity index (χ4n) is 3.83. The smallest absolute Gasteiger partial charge is 0.328 e. The largest absolute Gasteiger partial charge is 0.418 e. The van der Waals surface area contributed by atoms with Gasteiger partial charge in [0.25, 0.3) is 11.8 Å². The van der Waals surface area contributed by atoms with Crippen LogP contribution in [0.5, 0.6) is 0 Å². The van der Waals surface area contributed by atoms with E-state index in [1.54, 1.807) is 6.07 Å². The molecule has 3 N–H and O–H groups in total. The number of rotatable bonds is 4. The Bertz CT molecular complexity index is 1180. The third-order valence-corrected chi connectivity index (χ3v) is 5.36. The summed E-state index contributed by atoms with van der Waals surface area (Å²) < 4.78 is 69.9. The van der Waals surface area contributed by atoms with E-state index in [4.69, 9.17) is 0 Å². The molecule has 12 heteroatoms. The first-order valence-electron chi connectivity index (χ1n) is 10.1. The Morgan fingerprint density at radius 2 is 1.94 bits per heavy atom. The molecule has 3 aromatic rings. The molecule has 0 radical (unpaired) electrons. The number of hydrogen-bond acceptors (Lipinski definition) is 2. The standard InChI is InChI=1S/C21H18F5N5O2/c22-20(23)8-5-10-30(12-20)19(33)17-28-15(14-7-2-4-11-31(14)17)18(32)29-16(21(24,25)26)13-6-1-3-9-27-13/h1-4,6-7,9,11,16H,5,8,10,12H2,(H,29,32)/p+2.